The number of pyridine rings is 1. The highest BCUT2D eigenvalue weighted by molar-refractivity contribution is 5.94. The summed E-state index contributed by atoms with van der Waals surface area (Å²) in [5.41, 5.74) is 4.20. The number of rotatable bonds is 6. The molecule has 1 atom stereocenters. The second kappa shape index (κ2) is 13.9. The maximum absolute atomic E-state index is 14.8. The topological polar surface area (TPSA) is 48.5 Å². The van der Waals surface area contributed by atoms with Gasteiger partial charge >= 0.3 is 0 Å². The maximum Gasteiger partial charge on any atom is 0.266 e. The van der Waals surface area contributed by atoms with E-state index in [2.05, 4.69) is 34.4 Å². The van der Waals surface area contributed by atoms with Crippen molar-refractivity contribution in [3.63, 3.8) is 0 Å². The molecule has 1 fully saturated rings. The zero-order chi connectivity index (χ0) is 27.7. The fourth-order valence-electron chi connectivity index (χ4n) is 5.70. The van der Waals surface area contributed by atoms with Crippen molar-refractivity contribution in [3.8, 4) is 0 Å². The normalized spacial score (nSPS) is 17.0. The molecule has 0 radical (unpaired) electrons. The number of hydrogen-bond acceptors (Lipinski definition) is 4. The molecule has 0 bridgehead atoms. The molecular weight excluding hydrogens is 572 g/mol. The number of benzene rings is 2. The molecule has 2 aliphatic heterocycles. The standard InChI is InChI=1S/C31H35F3N4O.2ClH/c1-19-17-28(36-20(2)24-5-4-6-25(29(24)32)30(33)34)26-18-23(7-8-27(26)35-19)21-11-15-38(16-12-21)31(39)22-9-13-37(3)14-10-22;;/h4-8,11,17-18,20,22,30H,9-10,12-16H2,1-3H3,(H,35,36);2*1H/t20-;;/m1../s1. The molecule has 10 heteroatoms. The van der Waals surface area contributed by atoms with Crippen molar-refractivity contribution in [2.75, 3.05) is 38.5 Å². The van der Waals surface area contributed by atoms with Crippen molar-refractivity contribution in [2.45, 2.75) is 45.6 Å². The molecule has 0 unspecified atom stereocenters. The van der Waals surface area contributed by atoms with Gasteiger partial charge in [0.2, 0.25) is 5.91 Å². The number of halogens is 5. The van der Waals surface area contributed by atoms with Crippen LogP contribution in [0, 0.1) is 18.7 Å². The van der Waals surface area contributed by atoms with E-state index in [4.69, 9.17) is 0 Å². The maximum atomic E-state index is 14.8. The number of carbonyl (C=O) groups is 1. The van der Waals surface area contributed by atoms with Gasteiger partial charge in [-0.2, -0.15) is 0 Å². The summed E-state index contributed by atoms with van der Waals surface area (Å²) in [5, 5.41) is 4.22. The van der Waals surface area contributed by atoms with Gasteiger partial charge in [0, 0.05) is 41.3 Å². The minimum absolute atomic E-state index is 0. The Bertz CT molecular complexity index is 1410. The lowest BCUT2D eigenvalue weighted by molar-refractivity contribution is -0.136. The van der Waals surface area contributed by atoms with Crippen LogP contribution in [0.4, 0.5) is 18.9 Å². The summed E-state index contributed by atoms with van der Waals surface area (Å²) in [4.78, 5) is 22.0. The number of piperidine rings is 1. The summed E-state index contributed by atoms with van der Waals surface area (Å²) in [6.45, 7) is 6.89. The van der Waals surface area contributed by atoms with Gasteiger partial charge in [0.15, 0.2) is 0 Å². The van der Waals surface area contributed by atoms with E-state index in [1.165, 1.54) is 17.7 Å². The second-order valence-electron chi connectivity index (χ2n) is 10.8. The molecule has 1 N–H and O–H groups in total. The van der Waals surface area contributed by atoms with Gasteiger partial charge in [-0.25, -0.2) is 13.2 Å². The Labute approximate surface area is 252 Å². The van der Waals surface area contributed by atoms with Crippen molar-refractivity contribution in [1.29, 1.82) is 0 Å². The van der Waals surface area contributed by atoms with Crippen molar-refractivity contribution in [1.82, 2.24) is 14.8 Å². The summed E-state index contributed by atoms with van der Waals surface area (Å²) >= 11 is 0. The molecule has 2 aliphatic rings. The third-order valence-corrected chi connectivity index (χ3v) is 8.03. The minimum Gasteiger partial charge on any atom is -0.378 e. The molecule has 1 saturated heterocycles. The Morgan fingerprint density at radius 3 is 2.41 bits per heavy atom. The Balaban J connectivity index is 0.00000231. The molecule has 0 spiro atoms. The van der Waals surface area contributed by atoms with Gasteiger partial charge in [0.1, 0.15) is 5.82 Å². The molecule has 5 nitrogen and oxygen atoms in total. The highest BCUT2D eigenvalue weighted by Gasteiger charge is 2.28. The van der Waals surface area contributed by atoms with E-state index in [9.17, 15) is 18.0 Å². The quantitative estimate of drug-likeness (QED) is 0.313. The lowest BCUT2D eigenvalue weighted by atomic mass is 9.93. The summed E-state index contributed by atoms with van der Waals surface area (Å²) in [7, 11) is 2.10. The molecule has 0 aliphatic carbocycles. The fraction of sp³-hybridized carbons (Fsp3) is 0.419. The molecule has 1 aromatic heterocycles. The first-order chi connectivity index (χ1) is 18.7. The van der Waals surface area contributed by atoms with Crippen LogP contribution in [0.1, 0.15) is 61.0 Å². The number of amides is 1. The first-order valence-electron chi connectivity index (χ1n) is 13.6. The Morgan fingerprint density at radius 2 is 1.76 bits per heavy atom. The van der Waals surface area contributed by atoms with Crippen LogP contribution in [0.15, 0.2) is 48.5 Å². The smallest absolute Gasteiger partial charge is 0.266 e. The third-order valence-electron chi connectivity index (χ3n) is 8.03. The van der Waals surface area contributed by atoms with Crippen LogP contribution >= 0.6 is 24.8 Å². The predicted molar refractivity (Wildman–Crippen MR) is 164 cm³/mol. The summed E-state index contributed by atoms with van der Waals surface area (Å²) in [6.07, 6.45) is 1.88. The Kier molecular flexibility index (Phi) is 11.1. The third kappa shape index (κ3) is 7.16. The van der Waals surface area contributed by atoms with Crippen molar-refractivity contribution in [3.05, 3.63) is 76.7 Å². The van der Waals surface area contributed by atoms with Gasteiger partial charge < -0.3 is 15.1 Å². The van der Waals surface area contributed by atoms with Gasteiger partial charge in [-0.3, -0.25) is 9.78 Å². The van der Waals surface area contributed by atoms with E-state index >= 15 is 0 Å². The number of anilines is 1. The number of likely N-dealkylation sites (tertiary alicyclic amines) is 1. The number of fused-ring (bicyclic) bond motifs is 1. The van der Waals surface area contributed by atoms with Crippen LogP contribution < -0.4 is 5.32 Å². The van der Waals surface area contributed by atoms with Gasteiger partial charge in [0.05, 0.1) is 17.1 Å². The largest absolute Gasteiger partial charge is 0.378 e. The van der Waals surface area contributed by atoms with Crippen LogP contribution in [0.2, 0.25) is 0 Å². The van der Waals surface area contributed by atoms with Crippen LogP contribution in [0.5, 0.6) is 0 Å². The number of hydrogen-bond donors (Lipinski definition) is 1. The molecule has 2 aromatic carbocycles. The zero-order valence-corrected chi connectivity index (χ0v) is 25.1. The monoisotopic (exact) mass is 608 g/mol. The Hall–Kier alpha value is -2.81. The first kappa shape index (κ1) is 32.7. The lowest BCUT2D eigenvalue weighted by Gasteiger charge is -2.34. The molecule has 5 rings (SSSR count). The number of nitrogens with one attached hydrogen (secondary N) is 1. The van der Waals surface area contributed by atoms with E-state index in [1.807, 2.05) is 30.0 Å². The van der Waals surface area contributed by atoms with Gasteiger partial charge in [-0.1, -0.05) is 30.3 Å². The second-order valence-corrected chi connectivity index (χ2v) is 10.8. The average Bonchev–Trinajstić information content (AvgIpc) is 2.93. The van der Waals surface area contributed by atoms with E-state index < -0.39 is 23.8 Å². The average molecular weight is 610 g/mol. The summed E-state index contributed by atoms with van der Waals surface area (Å²) in [6, 6.07) is 11.6. The molecule has 0 saturated carbocycles. The van der Waals surface area contributed by atoms with Crippen molar-refractivity contribution < 1.29 is 18.0 Å². The van der Waals surface area contributed by atoms with E-state index in [-0.39, 0.29) is 42.2 Å². The molecular formula is C31H37Cl2F3N4O. The lowest BCUT2D eigenvalue weighted by Crippen LogP contribution is -2.43. The summed E-state index contributed by atoms with van der Waals surface area (Å²) in [5.74, 6) is -0.497. The van der Waals surface area contributed by atoms with Crippen molar-refractivity contribution >= 4 is 52.9 Å². The number of alkyl halides is 2. The van der Waals surface area contributed by atoms with Gasteiger partial charge in [-0.05, 0) is 82.6 Å². The van der Waals surface area contributed by atoms with E-state index in [0.29, 0.717) is 13.1 Å². The minimum atomic E-state index is -2.87. The van der Waals surface area contributed by atoms with Gasteiger partial charge in [0.25, 0.3) is 6.43 Å². The van der Waals surface area contributed by atoms with Crippen LogP contribution in [0.25, 0.3) is 16.5 Å². The number of aromatic nitrogens is 1. The predicted octanol–water partition coefficient (Wildman–Crippen LogP) is 7.59. The highest BCUT2D eigenvalue weighted by Crippen LogP contribution is 2.34. The molecule has 41 heavy (non-hydrogen) atoms. The van der Waals surface area contributed by atoms with E-state index in [1.54, 1.807) is 6.92 Å². The first-order valence-corrected chi connectivity index (χ1v) is 13.6. The highest BCUT2D eigenvalue weighted by atomic mass is 35.5. The molecule has 3 aromatic rings. The number of nitrogens with zero attached hydrogens (tertiary/aromatic N) is 3. The fourth-order valence-corrected chi connectivity index (χ4v) is 5.70. The van der Waals surface area contributed by atoms with Crippen LogP contribution in [-0.2, 0) is 4.79 Å². The molecule has 222 valence electrons. The zero-order valence-electron chi connectivity index (χ0n) is 23.5. The number of carbonyl (C=O) groups excluding carboxylic acids is 1. The SMILES string of the molecule is Cc1cc(N[C@H](C)c2cccc(C(F)F)c2F)c2cc(C3=CCN(C(=O)C4CCN(C)CC4)CC3)ccc2n1.Cl.Cl. The Morgan fingerprint density at radius 1 is 1.05 bits per heavy atom. The molecule has 1 amide bonds. The van der Waals surface area contributed by atoms with Crippen LogP contribution in [-0.4, -0.2) is 53.9 Å². The van der Waals surface area contributed by atoms with Gasteiger partial charge in [-0.15, -0.1) is 24.8 Å². The molecule has 3 heterocycles. The van der Waals surface area contributed by atoms with Crippen molar-refractivity contribution in [2.24, 2.45) is 5.92 Å². The summed E-state index contributed by atoms with van der Waals surface area (Å²) < 4.78 is 41.4. The van der Waals surface area contributed by atoms with Crippen LogP contribution in [0.3, 0.4) is 0 Å². The number of aryl methyl sites for hydroxylation is 1. The van der Waals surface area contributed by atoms with E-state index in [0.717, 1.165) is 66.3 Å².